The molecule has 0 rings (SSSR count). The third-order valence-electron chi connectivity index (χ3n) is 19.3. The van der Waals surface area contributed by atoms with Gasteiger partial charge in [0.1, 0.15) is 5.78 Å². The zero-order valence-corrected chi connectivity index (χ0v) is 82.5. The van der Waals surface area contributed by atoms with Gasteiger partial charge in [0.15, 0.2) is 0 Å². The first-order valence-electron chi connectivity index (χ1n) is 45.0. The summed E-state index contributed by atoms with van der Waals surface area (Å²) in [6, 6.07) is 0. The topological polar surface area (TPSA) is 465 Å². The maximum absolute atomic E-state index is 15.2. The van der Waals surface area contributed by atoms with Crippen molar-refractivity contribution in [1.29, 1.82) is 0 Å². The van der Waals surface area contributed by atoms with Crippen LogP contribution in [0.25, 0.3) is 0 Å². The first-order valence-corrected chi connectivity index (χ1v) is 45.0. The van der Waals surface area contributed by atoms with E-state index in [1.165, 1.54) is 103 Å². The molecule has 48 nitrogen and oxygen atoms in total. The van der Waals surface area contributed by atoms with E-state index in [0.717, 1.165) is 29.4 Å². The lowest BCUT2D eigenvalue weighted by Gasteiger charge is -2.33. The predicted octanol–water partition coefficient (Wildman–Crippen LogP) is -5.42. The highest BCUT2D eigenvalue weighted by atomic mass is 16.6. The van der Waals surface area contributed by atoms with Gasteiger partial charge in [0.2, 0.25) is 65.0 Å². The largest absolute Gasteiger partial charge is 0.383 e. The van der Waals surface area contributed by atoms with Crippen LogP contribution in [0.5, 0.6) is 0 Å². The molecule has 0 atom stereocenters. The molecule has 0 N–H and O–H groups in total. The van der Waals surface area contributed by atoms with Gasteiger partial charge in [-0.05, 0) is 14.0 Å². The van der Waals surface area contributed by atoms with Crippen LogP contribution in [0.2, 0.25) is 0 Å². The number of nitrogens with zero attached hydrogens (tertiary/aromatic N) is 12. The zero-order valence-electron chi connectivity index (χ0n) is 82.5. The van der Waals surface area contributed by atoms with Gasteiger partial charge in [0.05, 0.1) is 316 Å². The summed E-state index contributed by atoms with van der Waals surface area (Å²) in [5, 5.41) is 0. The fourth-order valence-corrected chi connectivity index (χ4v) is 11.6. The first kappa shape index (κ1) is 127. The van der Waals surface area contributed by atoms with Crippen LogP contribution < -0.4 is 0 Å². The normalized spacial score (nSPS) is 11.3. The lowest BCUT2D eigenvalue weighted by molar-refractivity contribution is -0.150. The van der Waals surface area contributed by atoms with Gasteiger partial charge in [-0.25, -0.2) is 0 Å². The summed E-state index contributed by atoms with van der Waals surface area (Å²) in [5.74, 6) is -8.12. The van der Waals surface area contributed by atoms with Crippen molar-refractivity contribution in [3.63, 3.8) is 0 Å². The van der Waals surface area contributed by atoms with Crippen molar-refractivity contribution in [2.45, 2.75) is 6.92 Å². The van der Waals surface area contributed by atoms with E-state index in [9.17, 15) is 33.6 Å². The van der Waals surface area contributed by atoms with Gasteiger partial charge in [-0.3, -0.25) is 62.4 Å². The number of carbonyl (C=O) groups is 12. The Morgan fingerprint density at radius 2 is 0.254 bits per heavy atom. The van der Waals surface area contributed by atoms with E-state index in [4.69, 9.17) is 114 Å². The molecular weight excluding hydrogens is 1780 g/mol. The van der Waals surface area contributed by atoms with Crippen LogP contribution in [0.4, 0.5) is 0 Å². The van der Waals surface area contributed by atoms with Gasteiger partial charge in [0.25, 0.3) is 0 Å². The molecule has 0 saturated carbocycles. The molecule has 0 aromatic rings. The molecule has 0 aromatic heterocycles. The van der Waals surface area contributed by atoms with Crippen LogP contribution in [0.1, 0.15) is 6.92 Å². The maximum atomic E-state index is 15.2. The molecule has 134 heavy (non-hydrogen) atoms. The van der Waals surface area contributed by atoms with Gasteiger partial charge in [-0.1, -0.05) is 0 Å². The van der Waals surface area contributed by atoms with E-state index >= 15 is 24.0 Å². The average molecular weight is 1940 g/mol. The van der Waals surface area contributed by atoms with E-state index in [-0.39, 0.29) is 269 Å². The molecule has 0 heterocycles. The number of hydrogen-bond acceptors (Lipinski definition) is 37. The molecule has 11 amide bonds. The van der Waals surface area contributed by atoms with E-state index in [2.05, 4.69) is 0 Å². The molecule has 0 aromatic carbocycles. The molecule has 0 unspecified atom stereocenters. The molecule has 0 spiro atoms. The van der Waals surface area contributed by atoms with Gasteiger partial charge >= 0.3 is 0 Å². The second-order valence-electron chi connectivity index (χ2n) is 29.7. The minimum atomic E-state index is -0.802. The molecule has 0 bridgehead atoms. The fraction of sp³-hybridized carbons (Fsp3) is 0.860. The van der Waals surface area contributed by atoms with Gasteiger partial charge in [-0.2, -0.15) is 0 Å². The monoisotopic (exact) mass is 1940 g/mol. The number of methoxy groups -OCH3 is 12. The molecule has 782 valence electrons. The molecular formula is C86H162N12O36. The number of hydrogen-bond donors (Lipinski definition) is 0. The predicted molar refractivity (Wildman–Crippen MR) is 483 cm³/mol. The summed E-state index contributed by atoms with van der Waals surface area (Å²) >= 11 is 0. The Morgan fingerprint density at radius 1 is 0.142 bits per heavy atom. The van der Waals surface area contributed by atoms with Crippen molar-refractivity contribution in [3.8, 4) is 0 Å². The van der Waals surface area contributed by atoms with Gasteiger partial charge in [-0.15, -0.1) is 0 Å². The van der Waals surface area contributed by atoms with Crippen LogP contribution in [-0.2, 0) is 171 Å². The fourth-order valence-electron chi connectivity index (χ4n) is 11.6. The summed E-state index contributed by atoms with van der Waals surface area (Å²) in [4.78, 5) is 190. The Balaban J connectivity index is 7.92. The number of likely N-dealkylation sites (N-methyl/N-ethyl adjacent to an activating group) is 1. The molecule has 0 saturated heterocycles. The number of rotatable bonds is 96. The summed E-state index contributed by atoms with van der Waals surface area (Å²) in [6.45, 7) is -2.13. The molecule has 0 aliphatic carbocycles. The molecule has 0 aliphatic heterocycles. The summed E-state index contributed by atoms with van der Waals surface area (Å²) in [6.07, 6.45) is 0. The summed E-state index contributed by atoms with van der Waals surface area (Å²) in [7, 11) is 19.4. The summed E-state index contributed by atoms with van der Waals surface area (Å²) in [5.41, 5.74) is 0. The van der Waals surface area contributed by atoms with E-state index < -0.39 is 130 Å². The second-order valence-corrected chi connectivity index (χ2v) is 29.7. The number of ketones is 1. The van der Waals surface area contributed by atoms with Crippen molar-refractivity contribution in [3.05, 3.63) is 0 Å². The third-order valence-corrected chi connectivity index (χ3v) is 19.3. The SMILES string of the molecule is COCCOCCOCCN(CC(C)=O)C(=O)CN(CCOC)C(=O)CN(CCOCCOCCOC)C(=O)CN(CCOC)C(=O)CN(CCOCCOCCOC)C(=O)CN(CCOC)C(=O)CN(CCOCCOCCOC)C(=O)CN(CCOC)C(=O)CN(CCOCCOCCOC)C(=O)CN(CCOC)C(=O)CN(CCOCCOCCOC)C(=O)CN(C)CCOC. The van der Waals surface area contributed by atoms with Crippen LogP contribution in [0, 0.1) is 0 Å². The van der Waals surface area contributed by atoms with Crippen molar-refractivity contribution in [1.82, 2.24) is 58.8 Å². The standard InChI is InChI=1S/C86H162N12O36/c1-75(99)63-88(21-33-123-51-57-129-45-39-117-9)77(101)65-89(16-28-112-4)79(103)71-95(23-35-125-53-59-131-47-41-119-11)84(108)67-91(18-30-114-6)81(105)73-97(25-37-127-55-61-133-49-43-121-13)86(110)69-93(20-32-116-8)82(106)74-98(26-38-128-56-62-134-50-44-122-14)85(109)68-92(19-31-115-7)80(104)72-96(24-36-126-54-60-132-48-42-120-12)83(107)66-90(17-29-113-5)78(102)70-94(76(100)64-87(2)15-27-111-3)22-34-124-52-58-130-46-40-118-10/h15-74H2,1-14H3. The maximum Gasteiger partial charge on any atom is 0.242 e. The van der Waals surface area contributed by atoms with E-state index in [1.54, 1.807) is 26.2 Å². The lowest BCUT2D eigenvalue weighted by Crippen LogP contribution is -2.54. The van der Waals surface area contributed by atoms with Crippen LogP contribution >= 0.6 is 0 Å². The van der Waals surface area contributed by atoms with Crippen molar-refractivity contribution >= 4 is 70.8 Å². The third kappa shape index (κ3) is 67.2. The summed E-state index contributed by atoms with van der Waals surface area (Å²) < 4.78 is 131. The van der Waals surface area contributed by atoms with Crippen molar-refractivity contribution in [2.24, 2.45) is 0 Å². The second kappa shape index (κ2) is 88.5. The number of Topliss-reactive ketones (excluding diaryl/α,β-unsaturated/α-hetero) is 1. The Bertz CT molecular complexity index is 3030. The Morgan fingerprint density at radius 3 is 0.396 bits per heavy atom. The lowest BCUT2D eigenvalue weighted by atomic mass is 10.3. The molecule has 48 heteroatoms. The first-order chi connectivity index (χ1) is 64.9. The van der Waals surface area contributed by atoms with Crippen LogP contribution in [0.3, 0.4) is 0 Å². The highest BCUT2D eigenvalue weighted by molar-refractivity contribution is 5.95. The molecule has 0 fully saturated rings. The molecule has 0 aliphatic rings. The van der Waals surface area contributed by atoms with Crippen molar-refractivity contribution in [2.75, 3.05) is 487 Å². The Labute approximate surface area is 792 Å². The number of amides is 11. The zero-order chi connectivity index (χ0) is 99.3. The average Bonchev–Trinajstić information content (AvgIpc) is 0.851. The van der Waals surface area contributed by atoms with E-state index in [0.29, 0.717) is 66.0 Å². The Kier molecular flexibility index (Phi) is 83.8. The quantitative estimate of drug-likeness (QED) is 0.0513. The molecule has 0 radical (unpaired) electrons. The minimum absolute atomic E-state index is 0.00673. The van der Waals surface area contributed by atoms with Gasteiger partial charge in [0, 0.05) is 164 Å². The number of carbonyl (C=O) groups excluding carboxylic acids is 12. The highest BCUT2D eigenvalue weighted by Gasteiger charge is 2.34. The van der Waals surface area contributed by atoms with Gasteiger partial charge < -0.3 is 168 Å². The van der Waals surface area contributed by atoms with E-state index in [1.807, 2.05) is 0 Å². The highest BCUT2D eigenvalue weighted by Crippen LogP contribution is 2.11. The smallest absolute Gasteiger partial charge is 0.242 e. The van der Waals surface area contributed by atoms with Crippen LogP contribution in [-0.4, -0.2) is 617 Å². The van der Waals surface area contributed by atoms with Crippen LogP contribution in [0.15, 0.2) is 0 Å². The number of ether oxygens (including phenoxy) is 24. The van der Waals surface area contributed by atoms with Crippen molar-refractivity contribution < 1.29 is 171 Å². The minimum Gasteiger partial charge on any atom is -0.383 e. The Hall–Kier alpha value is -7.16.